The summed E-state index contributed by atoms with van der Waals surface area (Å²) in [6.45, 7) is 8.70. The molecule has 0 saturated heterocycles. The van der Waals surface area contributed by atoms with Crippen molar-refractivity contribution in [2.75, 3.05) is 13.2 Å². The fourth-order valence-corrected chi connectivity index (χ4v) is 3.20. The molecule has 0 bridgehead atoms. The molecule has 0 unspecified atom stereocenters. The first-order chi connectivity index (χ1) is 14.3. The van der Waals surface area contributed by atoms with Crippen LogP contribution in [0.5, 0.6) is 5.75 Å². The SMILES string of the molecule is CCCCNC(=O)[C@@H](C)N(Cc1ccc(Br)cc1)C(=O)COc1ccc(C)c(C)c1. The first-order valence-electron chi connectivity index (χ1n) is 10.3. The van der Waals surface area contributed by atoms with E-state index in [1.54, 1.807) is 11.8 Å². The highest BCUT2D eigenvalue weighted by molar-refractivity contribution is 9.10. The first-order valence-corrected chi connectivity index (χ1v) is 11.1. The van der Waals surface area contributed by atoms with Crippen LogP contribution >= 0.6 is 15.9 Å². The Kier molecular flexibility index (Phi) is 9.37. The number of carbonyl (C=O) groups excluding carboxylic acids is 2. The molecule has 1 atom stereocenters. The summed E-state index contributed by atoms with van der Waals surface area (Å²) in [7, 11) is 0. The lowest BCUT2D eigenvalue weighted by Crippen LogP contribution is -2.49. The van der Waals surface area contributed by atoms with E-state index in [0.717, 1.165) is 28.4 Å². The third kappa shape index (κ3) is 7.17. The predicted octanol–water partition coefficient (Wildman–Crippen LogP) is 4.78. The number of rotatable bonds is 10. The molecule has 0 radical (unpaired) electrons. The third-order valence-electron chi connectivity index (χ3n) is 5.10. The van der Waals surface area contributed by atoms with Gasteiger partial charge in [0.2, 0.25) is 5.91 Å². The maximum atomic E-state index is 13.0. The molecule has 0 aliphatic rings. The summed E-state index contributed by atoms with van der Waals surface area (Å²) < 4.78 is 6.70. The highest BCUT2D eigenvalue weighted by Crippen LogP contribution is 2.18. The molecule has 0 saturated carbocycles. The fraction of sp³-hybridized carbons (Fsp3) is 0.417. The van der Waals surface area contributed by atoms with Crippen molar-refractivity contribution in [3.05, 3.63) is 63.6 Å². The van der Waals surface area contributed by atoms with Gasteiger partial charge < -0.3 is 15.0 Å². The molecular weight excluding hydrogens is 444 g/mol. The van der Waals surface area contributed by atoms with E-state index in [9.17, 15) is 9.59 Å². The number of benzene rings is 2. The maximum absolute atomic E-state index is 13.0. The number of hydrogen-bond donors (Lipinski definition) is 1. The van der Waals surface area contributed by atoms with E-state index < -0.39 is 6.04 Å². The number of aryl methyl sites for hydroxylation is 2. The van der Waals surface area contributed by atoms with Crippen molar-refractivity contribution < 1.29 is 14.3 Å². The van der Waals surface area contributed by atoms with Gasteiger partial charge in [-0.2, -0.15) is 0 Å². The normalized spacial score (nSPS) is 11.6. The van der Waals surface area contributed by atoms with Gasteiger partial charge in [-0.05, 0) is 68.1 Å². The molecule has 1 N–H and O–H groups in total. The Bertz CT molecular complexity index is 852. The Morgan fingerprint density at radius 3 is 2.43 bits per heavy atom. The Morgan fingerprint density at radius 2 is 1.80 bits per heavy atom. The zero-order valence-electron chi connectivity index (χ0n) is 18.2. The largest absolute Gasteiger partial charge is 0.484 e. The van der Waals surface area contributed by atoms with Gasteiger partial charge in [0.1, 0.15) is 11.8 Å². The van der Waals surface area contributed by atoms with E-state index >= 15 is 0 Å². The molecule has 0 aromatic heterocycles. The van der Waals surface area contributed by atoms with Crippen LogP contribution < -0.4 is 10.1 Å². The predicted molar refractivity (Wildman–Crippen MR) is 123 cm³/mol. The van der Waals surface area contributed by atoms with Crippen molar-refractivity contribution in [1.82, 2.24) is 10.2 Å². The molecule has 2 aromatic carbocycles. The number of unbranched alkanes of at least 4 members (excludes halogenated alkanes) is 1. The van der Waals surface area contributed by atoms with Crippen LogP contribution in [0.15, 0.2) is 46.9 Å². The lowest BCUT2D eigenvalue weighted by molar-refractivity contribution is -0.142. The summed E-state index contributed by atoms with van der Waals surface area (Å²) in [5.74, 6) is 0.268. The molecule has 2 amide bonds. The average Bonchev–Trinajstić information content (AvgIpc) is 2.73. The van der Waals surface area contributed by atoms with Gasteiger partial charge in [-0.3, -0.25) is 9.59 Å². The Hall–Kier alpha value is -2.34. The van der Waals surface area contributed by atoms with Crippen LogP contribution in [-0.4, -0.2) is 35.9 Å². The standard InChI is InChI=1S/C24H31BrN2O3/c1-5-6-13-26-24(29)19(4)27(15-20-8-10-21(25)11-9-20)23(28)16-30-22-12-7-17(2)18(3)14-22/h7-12,14,19H,5-6,13,15-16H2,1-4H3,(H,26,29)/t19-/m1/s1. The van der Waals surface area contributed by atoms with Crippen LogP contribution in [0.1, 0.15) is 43.4 Å². The molecule has 0 fully saturated rings. The molecule has 0 spiro atoms. The lowest BCUT2D eigenvalue weighted by atomic mass is 10.1. The lowest BCUT2D eigenvalue weighted by Gasteiger charge is -2.29. The second-order valence-electron chi connectivity index (χ2n) is 7.50. The highest BCUT2D eigenvalue weighted by atomic mass is 79.9. The molecule has 2 rings (SSSR count). The van der Waals surface area contributed by atoms with Crippen LogP contribution in [0, 0.1) is 13.8 Å². The highest BCUT2D eigenvalue weighted by Gasteiger charge is 2.26. The van der Waals surface area contributed by atoms with Crippen LogP contribution in [0.4, 0.5) is 0 Å². The third-order valence-corrected chi connectivity index (χ3v) is 5.63. The number of nitrogens with one attached hydrogen (secondary N) is 1. The van der Waals surface area contributed by atoms with Crippen LogP contribution in [0.2, 0.25) is 0 Å². The van der Waals surface area contributed by atoms with Crippen molar-refractivity contribution >= 4 is 27.7 Å². The van der Waals surface area contributed by atoms with Crippen molar-refractivity contribution in [3.63, 3.8) is 0 Å². The minimum atomic E-state index is -0.596. The van der Waals surface area contributed by atoms with Gasteiger partial charge in [0.25, 0.3) is 5.91 Å². The zero-order valence-corrected chi connectivity index (χ0v) is 19.8. The van der Waals surface area contributed by atoms with Gasteiger partial charge in [0.15, 0.2) is 6.61 Å². The summed E-state index contributed by atoms with van der Waals surface area (Å²) in [5.41, 5.74) is 3.23. The number of carbonyl (C=O) groups is 2. The zero-order chi connectivity index (χ0) is 22.1. The van der Waals surface area contributed by atoms with Crippen LogP contribution in [0.25, 0.3) is 0 Å². The van der Waals surface area contributed by atoms with Gasteiger partial charge in [-0.1, -0.05) is 47.5 Å². The Balaban J connectivity index is 2.11. The van der Waals surface area contributed by atoms with E-state index in [1.807, 2.05) is 56.3 Å². The topological polar surface area (TPSA) is 58.6 Å². The number of ether oxygens (including phenoxy) is 1. The van der Waals surface area contributed by atoms with Gasteiger partial charge in [0.05, 0.1) is 0 Å². The summed E-state index contributed by atoms with van der Waals surface area (Å²) in [6, 6.07) is 12.9. The van der Waals surface area contributed by atoms with Crippen molar-refractivity contribution in [1.29, 1.82) is 0 Å². The Labute approximate surface area is 187 Å². The van der Waals surface area contributed by atoms with E-state index in [4.69, 9.17) is 4.74 Å². The van der Waals surface area contributed by atoms with E-state index in [-0.39, 0.29) is 18.4 Å². The van der Waals surface area contributed by atoms with Crippen LogP contribution in [0.3, 0.4) is 0 Å². The second kappa shape index (κ2) is 11.7. The molecule has 6 heteroatoms. The number of hydrogen-bond acceptors (Lipinski definition) is 3. The average molecular weight is 475 g/mol. The minimum Gasteiger partial charge on any atom is -0.484 e. The smallest absolute Gasteiger partial charge is 0.261 e. The Morgan fingerprint density at radius 1 is 1.10 bits per heavy atom. The molecule has 5 nitrogen and oxygen atoms in total. The summed E-state index contributed by atoms with van der Waals surface area (Å²) in [6.07, 6.45) is 1.91. The van der Waals surface area contributed by atoms with Gasteiger partial charge in [0, 0.05) is 17.6 Å². The van der Waals surface area contributed by atoms with Gasteiger partial charge in [-0.25, -0.2) is 0 Å². The van der Waals surface area contributed by atoms with Crippen LogP contribution in [-0.2, 0) is 16.1 Å². The van der Waals surface area contributed by atoms with Crippen molar-refractivity contribution in [2.45, 2.75) is 53.1 Å². The summed E-state index contributed by atoms with van der Waals surface area (Å²) in [4.78, 5) is 27.2. The van der Waals surface area contributed by atoms with Crippen molar-refractivity contribution in [2.24, 2.45) is 0 Å². The minimum absolute atomic E-state index is 0.119. The monoisotopic (exact) mass is 474 g/mol. The first kappa shape index (κ1) is 23.9. The molecule has 0 aliphatic carbocycles. The van der Waals surface area contributed by atoms with E-state index in [0.29, 0.717) is 18.8 Å². The van der Waals surface area contributed by atoms with Crippen molar-refractivity contribution in [3.8, 4) is 5.75 Å². The molecule has 2 aromatic rings. The maximum Gasteiger partial charge on any atom is 0.261 e. The molecule has 0 aliphatic heterocycles. The molecule has 0 heterocycles. The van der Waals surface area contributed by atoms with E-state index in [1.165, 1.54) is 5.56 Å². The summed E-state index contributed by atoms with van der Waals surface area (Å²) in [5, 5.41) is 2.92. The number of halogens is 1. The number of nitrogens with zero attached hydrogens (tertiary/aromatic N) is 1. The molecule has 30 heavy (non-hydrogen) atoms. The summed E-state index contributed by atoms with van der Waals surface area (Å²) >= 11 is 3.42. The van der Waals surface area contributed by atoms with E-state index in [2.05, 4.69) is 28.2 Å². The second-order valence-corrected chi connectivity index (χ2v) is 8.42. The molecule has 162 valence electrons. The fourth-order valence-electron chi connectivity index (χ4n) is 2.94. The van der Waals surface area contributed by atoms with Gasteiger partial charge in [-0.15, -0.1) is 0 Å². The quantitative estimate of drug-likeness (QED) is 0.504. The number of amides is 2. The molecular formula is C24H31BrN2O3. The van der Waals surface area contributed by atoms with Gasteiger partial charge >= 0.3 is 0 Å².